The van der Waals surface area contributed by atoms with Crippen LogP contribution in [0.1, 0.15) is 30.4 Å². The number of carbonyl (C=O) groups is 1. The molecule has 33 heavy (non-hydrogen) atoms. The highest BCUT2D eigenvalue weighted by atomic mass is 32.2. The minimum absolute atomic E-state index is 0.00592. The molecule has 1 amide bonds. The van der Waals surface area contributed by atoms with Crippen LogP contribution in [0.5, 0.6) is 5.75 Å². The number of piperidine rings is 1. The lowest BCUT2D eigenvalue weighted by molar-refractivity contribution is -0.134. The van der Waals surface area contributed by atoms with Gasteiger partial charge in [0.1, 0.15) is 28.6 Å². The fraction of sp³-hybridized carbons (Fsp3) is 0.458. The first-order chi connectivity index (χ1) is 15.7. The molecule has 1 fully saturated rings. The number of halogens is 1. The van der Waals surface area contributed by atoms with Gasteiger partial charge in [0.25, 0.3) is 0 Å². The molecule has 0 aromatic heterocycles. The molecular formula is C24H31FN2O4S2. The predicted octanol–water partition coefficient (Wildman–Crippen LogP) is 3.91. The molecule has 1 aliphatic rings. The van der Waals surface area contributed by atoms with E-state index >= 15 is 0 Å². The van der Waals surface area contributed by atoms with E-state index in [9.17, 15) is 17.6 Å². The molecule has 0 radical (unpaired) electrons. The average molecular weight is 495 g/mol. The Bertz CT molecular complexity index is 1050. The number of para-hydroxylation sites is 1. The number of benzene rings is 2. The molecule has 2 aromatic rings. The van der Waals surface area contributed by atoms with Gasteiger partial charge in [0, 0.05) is 25.9 Å². The van der Waals surface area contributed by atoms with Gasteiger partial charge in [-0.15, -0.1) is 0 Å². The van der Waals surface area contributed by atoms with Crippen molar-refractivity contribution >= 4 is 27.7 Å². The van der Waals surface area contributed by atoms with Crippen LogP contribution < -0.4 is 9.46 Å². The maximum absolute atomic E-state index is 14.1. The van der Waals surface area contributed by atoms with Gasteiger partial charge < -0.3 is 9.64 Å². The fourth-order valence-electron chi connectivity index (χ4n) is 3.95. The van der Waals surface area contributed by atoms with E-state index in [-0.39, 0.29) is 12.0 Å². The second-order valence-electron chi connectivity index (χ2n) is 8.25. The van der Waals surface area contributed by atoms with Crippen LogP contribution in [-0.4, -0.2) is 56.5 Å². The quantitative estimate of drug-likeness (QED) is 0.572. The van der Waals surface area contributed by atoms with E-state index in [0.717, 1.165) is 22.9 Å². The minimum Gasteiger partial charge on any atom is -0.490 e. The molecule has 1 atom stereocenters. The van der Waals surface area contributed by atoms with Crippen molar-refractivity contribution in [3.63, 3.8) is 0 Å². The second-order valence-corrected chi connectivity index (χ2v) is 10.9. The average Bonchev–Trinajstić information content (AvgIpc) is 2.79. The second kappa shape index (κ2) is 11.4. The van der Waals surface area contributed by atoms with Gasteiger partial charge in [-0.05, 0) is 55.5 Å². The molecule has 0 spiro atoms. The number of amides is 1. The SMILES string of the molecule is CSCCC(NS(=O)(=O)c1ccccc1F)C(=O)N1CCC(Oc2c(C)cccc2C)CC1. The van der Waals surface area contributed by atoms with Crippen molar-refractivity contribution in [2.24, 2.45) is 0 Å². The zero-order valence-corrected chi connectivity index (χ0v) is 20.8. The summed E-state index contributed by atoms with van der Waals surface area (Å²) in [5.74, 6) is 0.361. The first-order valence-corrected chi connectivity index (χ1v) is 13.9. The third-order valence-electron chi connectivity index (χ3n) is 5.78. The molecule has 180 valence electrons. The Hall–Kier alpha value is -2.10. The van der Waals surface area contributed by atoms with Gasteiger partial charge in [0.15, 0.2) is 0 Å². The molecule has 1 N–H and O–H groups in total. The molecule has 9 heteroatoms. The molecule has 6 nitrogen and oxygen atoms in total. The normalized spacial score (nSPS) is 15.9. The van der Waals surface area contributed by atoms with Crippen LogP contribution in [0.4, 0.5) is 4.39 Å². The number of rotatable bonds is 9. The highest BCUT2D eigenvalue weighted by Crippen LogP contribution is 2.27. The van der Waals surface area contributed by atoms with E-state index in [1.165, 1.54) is 30.0 Å². The van der Waals surface area contributed by atoms with Crippen LogP contribution >= 0.6 is 11.8 Å². The third kappa shape index (κ3) is 6.49. The number of aryl methyl sites for hydroxylation is 2. The van der Waals surface area contributed by atoms with Crippen LogP contribution in [0.15, 0.2) is 47.4 Å². The van der Waals surface area contributed by atoms with E-state index in [4.69, 9.17) is 4.74 Å². The number of sulfonamides is 1. The van der Waals surface area contributed by atoms with Crippen molar-refractivity contribution in [3.05, 3.63) is 59.4 Å². The summed E-state index contributed by atoms with van der Waals surface area (Å²) in [6.07, 6.45) is 3.54. The van der Waals surface area contributed by atoms with E-state index in [1.807, 2.05) is 38.3 Å². The largest absolute Gasteiger partial charge is 0.490 e. The van der Waals surface area contributed by atoms with Crippen LogP contribution in [0, 0.1) is 19.7 Å². The van der Waals surface area contributed by atoms with Gasteiger partial charge in [-0.2, -0.15) is 16.5 Å². The zero-order valence-electron chi connectivity index (χ0n) is 19.2. The third-order valence-corrected chi connectivity index (χ3v) is 7.93. The summed E-state index contributed by atoms with van der Waals surface area (Å²) in [5, 5.41) is 0. The summed E-state index contributed by atoms with van der Waals surface area (Å²) in [7, 11) is -4.17. The van der Waals surface area contributed by atoms with Gasteiger partial charge in [0.05, 0.1) is 0 Å². The summed E-state index contributed by atoms with van der Waals surface area (Å²) in [4.78, 5) is 14.5. The van der Waals surface area contributed by atoms with Crippen molar-refractivity contribution < 1.29 is 22.3 Å². The van der Waals surface area contributed by atoms with Crippen LogP contribution in [0.3, 0.4) is 0 Å². The Morgan fingerprint density at radius 1 is 1.15 bits per heavy atom. The number of nitrogens with one attached hydrogen (secondary N) is 1. The maximum Gasteiger partial charge on any atom is 0.244 e. The topological polar surface area (TPSA) is 75.7 Å². The molecule has 0 bridgehead atoms. The molecule has 0 aliphatic carbocycles. The van der Waals surface area contributed by atoms with Gasteiger partial charge in [-0.1, -0.05) is 30.3 Å². The summed E-state index contributed by atoms with van der Waals surface area (Å²) >= 11 is 1.52. The van der Waals surface area contributed by atoms with Crippen molar-refractivity contribution in [2.75, 3.05) is 25.1 Å². The van der Waals surface area contributed by atoms with Crippen LogP contribution in [-0.2, 0) is 14.8 Å². The summed E-state index contributed by atoms with van der Waals surface area (Å²) in [5.41, 5.74) is 2.15. The molecule has 1 saturated heterocycles. The first kappa shape index (κ1) is 25.5. The molecule has 2 aromatic carbocycles. The van der Waals surface area contributed by atoms with Crippen molar-refractivity contribution in [1.29, 1.82) is 0 Å². The van der Waals surface area contributed by atoms with E-state index < -0.39 is 26.8 Å². The fourth-order valence-corrected chi connectivity index (χ4v) is 5.72. The Labute approximate surface area is 199 Å². The lowest BCUT2D eigenvalue weighted by Gasteiger charge is -2.35. The smallest absolute Gasteiger partial charge is 0.244 e. The van der Waals surface area contributed by atoms with Gasteiger partial charge in [-0.25, -0.2) is 12.8 Å². The zero-order chi connectivity index (χ0) is 24.0. The van der Waals surface area contributed by atoms with Gasteiger partial charge in [0.2, 0.25) is 15.9 Å². The van der Waals surface area contributed by atoms with Gasteiger partial charge >= 0.3 is 0 Å². The number of carbonyl (C=O) groups excluding carboxylic acids is 1. The number of thioether (sulfide) groups is 1. The predicted molar refractivity (Wildman–Crippen MR) is 130 cm³/mol. The van der Waals surface area contributed by atoms with E-state index in [0.29, 0.717) is 38.1 Å². The summed E-state index contributed by atoms with van der Waals surface area (Å²) in [6, 6.07) is 10.2. The molecule has 1 unspecified atom stereocenters. The van der Waals surface area contributed by atoms with Crippen molar-refractivity contribution in [3.8, 4) is 5.75 Å². The number of nitrogens with zero attached hydrogens (tertiary/aromatic N) is 1. The molecule has 1 heterocycles. The van der Waals surface area contributed by atoms with Crippen molar-refractivity contribution in [1.82, 2.24) is 9.62 Å². The Balaban J connectivity index is 1.66. The van der Waals surface area contributed by atoms with Crippen LogP contribution in [0.25, 0.3) is 0 Å². The monoisotopic (exact) mass is 494 g/mol. The number of hydrogen-bond donors (Lipinski definition) is 1. The first-order valence-electron chi connectivity index (χ1n) is 11.0. The molecule has 3 rings (SSSR count). The summed E-state index contributed by atoms with van der Waals surface area (Å²) < 4.78 is 48.3. The lowest BCUT2D eigenvalue weighted by atomic mass is 10.1. The molecule has 0 saturated carbocycles. The maximum atomic E-state index is 14.1. The Morgan fingerprint density at radius 2 is 1.79 bits per heavy atom. The Kier molecular flexibility index (Phi) is 8.78. The highest BCUT2D eigenvalue weighted by molar-refractivity contribution is 7.98. The number of likely N-dealkylation sites (tertiary alicyclic amines) is 1. The number of ether oxygens (including phenoxy) is 1. The molecule has 1 aliphatic heterocycles. The molecular weight excluding hydrogens is 463 g/mol. The summed E-state index contributed by atoms with van der Waals surface area (Å²) in [6.45, 7) is 4.98. The number of hydrogen-bond acceptors (Lipinski definition) is 5. The van der Waals surface area contributed by atoms with Crippen molar-refractivity contribution in [2.45, 2.75) is 50.2 Å². The lowest BCUT2D eigenvalue weighted by Crippen LogP contribution is -2.52. The van der Waals surface area contributed by atoms with E-state index in [2.05, 4.69) is 4.72 Å². The highest BCUT2D eigenvalue weighted by Gasteiger charge is 2.32. The van der Waals surface area contributed by atoms with E-state index in [1.54, 1.807) is 4.90 Å². The standard InChI is InChI=1S/C24H31FN2O4S2/c1-17-7-6-8-18(2)23(17)31-19-11-14-27(15-12-19)24(28)21(13-16-32-3)26-33(29,30)22-10-5-4-9-20(22)25/h4-10,19,21,26H,11-16H2,1-3H3. The van der Waals surface area contributed by atoms with Crippen LogP contribution in [0.2, 0.25) is 0 Å². The minimum atomic E-state index is -4.17. The van der Waals surface area contributed by atoms with Gasteiger partial charge in [-0.3, -0.25) is 4.79 Å². The Morgan fingerprint density at radius 3 is 2.39 bits per heavy atom.